The molecule has 0 atom stereocenters. The van der Waals surface area contributed by atoms with Gasteiger partial charge in [0.2, 0.25) is 0 Å². The van der Waals surface area contributed by atoms with E-state index in [0.29, 0.717) is 28.3 Å². The largest absolute Gasteiger partial charge is 0.504 e. The molecule has 0 fully saturated rings. The summed E-state index contributed by atoms with van der Waals surface area (Å²) in [5.41, 5.74) is 5.70. The van der Waals surface area contributed by atoms with Crippen LogP contribution in [0.2, 0.25) is 0 Å². The third-order valence-electron chi connectivity index (χ3n) is 3.79. The van der Waals surface area contributed by atoms with Gasteiger partial charge in [0.1, 0.15) is 11.3 Å². The fraction of sp³-hybridized carbons (Fsp3) is 0.167. The molecule has 128 valence electrons. The van der Waals surface area contributed by atoms with Crippen LogP contribution in [0.3, 0.4) is 0 Å². The number of amides is 1. The number of nitrogens with one attached hydrogen (secondary N) is 1. The highest BCUT2D eigenvalue weighted by atomic mass is 16.5. The Labute approximate surface area is 144 Å². The van der Waals surface area contributed by atoms with Crippen LogP contribution in [0.15, 0.2) is 41.6 Å². The molecular formula is C18H18N4O3. The van der Waals surface area contributed by atoms with Gasteiger partial charge < -0.3 is 9.84 Å². The molecule has 1 amide bonds. The number of carbonyl (C=O) groups excluding carboxylic acids is 1. The Balaban J connectivity index is 1.83. The standard InChI is InChI=1S/C18H18N4O3/c1-11-7-8-22-15(9-11)20-12(2)16(22)18(24)21-19-10-13-5-4-6-14(25-3)17(13)23/h4-10,23H,1-3H3,(H,21,24)/b19-10+. The molecule has 25 heavy (non-hydrogen) atoms. The first kappa shape index (κ1) is 16.5. The number of hydrogen-bond donors (Lipinski definition) is 2. The van der Waals surface area contributed by atoms with Gasteiger partial charge in [-0.3, -0.25) is 9.20 Å². The average Bonchev–Trinajstić information content (AvgIpc) is 2.91. The fourth-order valence-electron chi connectivity index (χ4n) is 2.56. The van der Waals surface area contributed by atoms with Crippen LogP contribution in [0.4, 0.5) is 0 Å². The number of carbonyl (C=O) groups is 1. The minimum atomic E-state index is -0.382. The molecule has 3 rings (SSSR count). The van der Waals surface area contributed by atoms with Crippen molar-refractivity contribution in [3.63, 3.8) is 0 Å². The normalized spacial score (nSPS) is 11.2. The number of pyridine rings is 1. The van der Waals surface area contributed by atoms with Crippen molar-refractivity contribution >= 4 is 17.8 Å². The minimum absolute atomic E-state index is 0.0375. The second kappa shape index (κ2) is 6.64. The smallest absolute Gasteiger partial charge is 0.290 e. The molecule has 0 aliphatic carbocycles. The SMILES string of the molecule is COc1cccc(/C=N/NC(=O)c2c(C)nc3cc(C)ccn23)c1O. The first-order chi connectivity index (χ1) is 12.0. The number of aromatic nitrogens is 2. The number of para-hydroxylation sites is 1. The number of fused-ring (bicyclic) bond motifs is 1. The topological polar surface area (TPSA) is 88.2 Å². The Hall–Kier alpha value is -3.35. The number of phenols is 1. The monoisotopic (exact) mass is 338 g/mol. The van der Waals surface area contributed by atoms with E-state index in [1.165, 1.54) is 13.3 Å². The zero-order valence-electron chi connectivity index (χ0n) is 14.1. The van der Waals surface area contributed by atoms with Crippen molar-refractivity contribution < 1.29 is 14.6 Å². The van der Waals surface area contributed by atoms with Crippen molar-refractivity contribution in [3.05, 3.63) is 59.0 Å². The van der Waals surface area contributed by atoms with E-state index in [-0.39, 0.29) is 11.7 Å². The van der Waals surface area contributed by atoms with Gasteiger partial charge in [-0.25, -0.2) is 10.4 Å². The second-order valence-electron chi connectivity index (χ2n) is 5.58. The number of nitrogens with zero attached hydrogens (tertiary/aromatic N) is 3. The predicted octanol–water partition coefficient (Wildman–Crippen LogP) is 2.43. The lowest BCUT2D eigenvalue weighted by molar-refractivity contribution is 0.0948. The van der Waals surface area contributed by atoms with Gasteiger partial charge in [-0.1, -0.05) is 6.07 Å². The molecule has 2 N–H and O–H groups in total. The van der Waals surface area contributed by atoms with Crippen molar-refractivity contribution in [2.24, 2.45) is 5.10 Å². The zero-order chi connectivity index (χ0) is 18.0. The molecule has 7 heteroatoms. The Morgan fingerprint density at radius 3 is 2.92 bits per heavy atom. The number of benzene rings is 1. The lowest BCUT2D eigenvalue weighted by Gasteiger charge is -2.05. The van der Waals surface area contributed by atoms with Crippen LogP contribution in [0.25, 0.3) is 5.65 Å². The molecule has 2 aromatic heterocycles. The first-order valence-electron chi connectivity index (χ1n) is 7.66. The van der Waals surface area contributed by atoms with Crippen LogP contribution < -0.4 is 10.2 Å². The van der Waals surface area contributed by atoms with Crippen LogP contribution in [0.5, 0.6) is 11.5 Å². The van der Waals surface area contributed by atoms with Crippen LogP contribution in [0, 0.1) is 13.8 Å². The summed E-state index contributed by atoms with van der Waals surface area (Å²) in [6.45, 7) is 3.74. The molecule has 0 spiro atoms. The second-order valence-corrected chi connectivity index (χ2v) is 5.58. The molecule has 0 aliphatic rings. The number of methoxy groups -OCH3 is 1. The van der Waals surface area contributed by atoms with Crippen molar-refractivity contribution in [2.45, 2.75) is 13.8 Å². The molecule has 0 bridgehead atoms. The highest BCUT2D eigenvalue weighted by Crippen LogP contribution is 2.27. The van der Waals surface area contributed by atoms with Crippen molar-refractivity contribution in [3.8, 4) is 11.5 Å². The van der Waals surface area contributed by atoms with Gasteiger partial charge in [0.15, 0.2) is 11.5 Å². The van der Waals surface area contributed by atoms with Crippen molar-refractivity contribution in [2.75, 3.05) is 7.11 Å². The van der Waals surface area contributed by atoms with E-state index >= 15 is 0 Å². The maximum absolute atomic E-state index is 12.5. The Bertz CT molecular complexity index is 976. The highest BCUT2D eigenvalue weighted by molar-refractivity contribution is 5.95. The lowest BCUT2D eigenvalue weighted by atomic mass is 10.2. The molecule has 0 aliphatic heterocycles. The summed E-state index contributed by atoms with van der Waals surface area (Å²) in [5.74, 6) is -0.0831. The summed E-state index contributed by atoms with van der Waals surface area (Å²) in [4.78, 5) is 16.8. The Morgan fingerprint density at radius 1 is 1.36 bits per heavy atom. The van der Waals surface area contributed by atoms with Crippen LogP contribution in [-0.2, 0) is 0 Å². The molecule has 0 saturated heterocycles. The number of hydrazone groups is 1. The Morgan fingerprint density at radius 2 is 2.16 bits per heavy atom. The molecule has 7 nitrogen and oxygen atoms in total. The van der Waals surface area contributed by atoms with Gasteiger partial charge in [0.25, 0.3) is 5.91 Å². The summed E-state index contributed by atoms with van der Waals surface area (Å²) >= 11 is 0. The maximum atomic E-state index is 12.5. The molecular weight excluding hydrogens is 320 g/mol. The number of ether oxygens (including phenoxy) is 1. The van der Waals surface area contributed by atoms with E-state index in [9.17, 15) is 9.90 Å². The van der Waals surface area contributed by atoms with E-state index in [1.807, 2.05) is 19.1 Å². The van der Waals surface area contributed by atoms with Crippen LogP contribution in [0.1, 0.15) is 27.3 Å². The summed E-state index contributed by atoms with van der Waals surface area (Å²) < 4.78 is 6.75. The van der Waals surface area contributed by atoms with Crippen LogP contribution >= 0.6 is 0 Å². The number of hydrogen-bond acceptors (Lipinski definition) is 5. The molecule has 0 radical (unpaired) electrons. The first-order valence-corrected chi connectivity index (χ1v) is 7.66. The maximum Gasteiger partial charge on any atom is 0.290 e. The third-order valence-corrected chi connectivity index (χ3v) is 3.79. The van der Waals surface area contributed by atoms with E-state index in [4.69, 9.17) is 4.74 Å². The van der Waals surface area contributed by atoms with Gasteiger partial charge in [-0.15, -0.1) is 0 Å². The molecule has 3 aromatic rings. The van der Waals surface area contributed by atoms with E-state index in [1.54, 1.807) is 35.7 Å². The zero-order valence-corrected chi connectivity index (χ0v) is 14.1. The molecule has 1 aromatic carbocycles. The number of aromatic hydroxyl groups is 1. The van der Waals surface area contributed by atoms with Gasteiger partial charge >= 0.3 is 0 Å². The van der Waals surface area contributed by atoms with Crippen LogP contribution in [-0.4, -0.2) is 33.7 Å². The Kier molecular flexibility index (Phi) is 4.38. The lowest BCUT2D eigenvalue weighted by Crippen LogP contribution is -2.20. The average molecular weight is 338 g/mol. The van der Waals surface area contributed by atoms with E-state index in [0.717, 1.165) is 5.56 Å². The quantitative estimate of drug-likeness (QED) is 0.565. The fourth-order valence-corrected chi connectivity index (χ4v) is 2.56. The number of phenolic OH excluding ortho intramolecular Hbond substituents is 1. The van der Waals surface area contributed by atoms with Gasteiger partial charge in [0.05, 0.1) is 19.0 Å². The van der Waals surface area contributed by atoms with Gasteiger partial charge in [-0.2, -0.15) is 5.10 Å². The number of rotatable bonds is 4. The van der Waals surface area contributed by atoms with Crippen molar-refractivity contribution in [1.29, 1.82) is 0 Å². The van der Waals surface area contributed by atoms with E-state index < -0.39 is 0 Å². The summed E-state index contributed by atoms with van der Waals surface area (Å²) in [6, 6.07) is 8.83. The molecule has 2 heterocycles. The minimum Gasteiger partial charge on any atom is -0.504 e. The number of imidazole rings is 1. The third kappa shape index (κ3) is 3.16. The predicted molar refractivity (Wildman–Crippen MR) is 94.4 cm³/mol. The van der Waals surface area contributed by atoms with Gasteiger partial charge in [0, 0.05) is 11.8 Å². The van der Waals surface area contributed by atoms with Gasteiger partial charge in [-0.05, 0) is 43.7 Å². The molecule has 0 unspecified atom stereocenters. The van der Waals surface area contributed by atoms with Crippen molar-refractivity contribution in [1.82, 2.24) is 14.8 Å². The molecule has 0 saturated carbocycles. The number of aryl methyl sites for hydroxylation is 2. The summed E-state index contributed by atoms with van der Waals surface area (Å²) in [7, 11) is 1.47. The summed E-state index contributed by atoms with van der Waals surface area (Å²) in [5, 5.41) is 13.9. The summed E-state index contributed by atoms with van der Waals surface area (Å²) in [6.07, 6.45) is 3.16. The van der Waals surface area contributed by atoms with E-state index in [2.05, 4.69) is 15.5 Å². The highest BCUT2D eigenvalue weighted by Gasteiger charge is 2.16.